The van der Waals surface area contributed by atoms with Crippen LogP contribution in [0.25, 0.3) is 0 Å². The highest BCUT2D eigenvalue weighted by Gasteiger charge is 2.06. The summed E-state index contributed by atoms with van der Waals surface area (Å²) in [6, 6.07) is 5.70. The van der Waals surface area contributed by atoms with Crippen molar-refractivity contribution in [3.05, 3.63) is 28.2 Å². The minimum Gasteiger partial charge on any atom is -0.399 e. The molecule has 0 bridgehead atoms. The number of halogens is 1. The maximum atomic E-state index is 11.0. The van der Waals surface area contributed by atoms with E-state index in [1.165, 1.54) is 6.26 Å². The van der Waals surface area contributed by atoms with Gasteiger partial charge in [-0.3, -0.25) is 0 Å². The van der Waals surface area contributed by atoms with Crippen molar-refractivity contribution in [3.8, 4) is 0 Å². The largest absolute Gasteiger partial charge is 0.399 e. The van der Waals surface area contributed by atoms with Crippen molar-refractivity contribution in [1.29, 1.82) is 0 Å². The van der Waals surface area contributed by atoms with Crippen LogP contribution in [0.3, 0.4) is 0 Å². The van der Waals surface area contributed by atoms with Gasteiger partial charge in [0.2, 0.25) is 0 Å². The maximum Gasteiger partial charge on any atom is 0.148 e. The van der Waals surface area contributed by atoms with Crippen molar-refractivity contribution < 1.29 is 8.42 Å². The first-order chi connectivity index (χ1) is 7.76. The average molecular weight is 321 g/mol. The molecular weight excluding hydrogens is 304 g/mol. The Morgan fingerprint density at radius 3 is 2.53 bits per heavy atom. The van der Waals surface area contributed by atoms with Crippen molar-refractivity contribution in [1.82, 2.24) is 4.90 Å². The third-order valence-corrected chi connectivity index (χ3v) is 3.66. The Morgan fingerprint density at radius 2 is 2.00 bits per heavy atom. The van der Waals surface area contributed by atoms with Gasteiger partial charge in [-0.15, -0.1) is 0 Å². The number of nitrogens with two attached hydrogens (primary N) is 1. The highest BCUT2D eigenvalue weighted by molar-refractivity contribution is 9.10. The molecular formula is C11H17BrN2O2S. The zero-order chi connectivity index (χ0) is 13.1. The van der Waals surface area contributed by atoms with Crippen LogP contribution in [-0.2, 0) is 16.4 Å². The summed E-state index contributed by atoms with van der Waals surface area (Å²) < 4.78 is 23.0. The number of benzene rings is 1. The summed E-state index contributed by atoms with van der Waals surface area (Å²) in [5, 5.41) is 0. The van der Waals surface area contributed by atoms with E-state index < -0.39 is 9.84 Å². The van der Waals surface area contributed by atoms with Gasteiger partial charge in [0, 0.05) is 29.5 Å². The van der Waals surface area contributed by atoms with E-state index in [0.717, 1.165) is 10.0 Å². The molecule has 0 aliphatic carbocycles. The lowest BCUT2D eigenvalue weighted by atomic mass is 10.2. The molecule has 1 rings (SSSR count). The Labute approximate surface area is 111 Å². The Morgan fingerprint density at radius 1 is 1.35 bits per heavy atom. The van der Waals surface area contributed by atoms with Crippen molar-refractivity contribution in [2.75, 3.05) is 31.3 Å². The van der Waals surface area contributed by atoms with E-state index in [9.17, 15) is 8.42 Å². The summed E-state index contributed by atoms with van der Waals surface area (Å²) >= 11 is 3.38. The molecule has 0 saturated heterocycles. The molecule has 17 heavy (non-hydrogen) atoms. The van der Waals surface area contributed by atoms with Gasteiger partial charge in [0.25, 0.3) is 0 Å². The molecule has 0 spiro atoms. The second-order valence-corrected chi connectivity index (χ2v) is 7.44. The fraction of sp³-hybridized carbons (Fsp3) is 0.455. The third-order valence-electron chi connectivity index (χ3n) is 2.28. The summed E-state index contributed by atoms with van der Waals surface area (Å²) in [4.78, 5) is 1.96. The van der Waals surface area contributed by atoms with Gasteiger partial charge in [0.1, 0.15) is 9.84 Å². The van der Waals surface area contributed by atoms with Crippen LogP contribution in [0.1, 0.15) is 5.56 Å². The molecule has 2 N–H and O–H groups in total. The summed E-state index contributed by atoms with van der Waals surface area (Å²) in [7, 11) is -1.01. The number of anilines is 1. The topological polar surface area (TPSA) is 63.4 Å². The molecule has 96 valence electrons. The zero-order valence-electron chi connectivity index (χ0n) is 9.98. The Kier molecular flexibility index (Phi) is 4.97. The highest BCUT2D eigenvalue weighted by atomic mass is 79.9. The minimum atomic E-state index is -2.90. The van der Waals surface area contributed by atoms with Gasteiger partial charge in [-0.05, 0) is 30.8 Å². The molecule has 0 aromatic heterocycles. The van der Waals surface area contributed by atoms with E-state index in [-0.39, 0.29) is 5.75 Å². The van der Waals surface area contributed by atoms with Crippen molar-refractivity contribution >= 4 is 31.5 Å². The van der Waals surface area contributed by atoms with Gasteiger partial charge < -0.3 is 10.6 Å². The van der Waals surface area contributed by atoms with Gasteiger partial charge in [-0.1, -0.05) is 15.9 Å². The van der Waals surface area contributed by atoms with Crippen LogP contribution in [0.5, 0.6) is 0 Å². The molecule has 0 atom stereocenters. The summed E-state index contributed by atoms with van der Waals surface area (Å²) in [6.07, 6.45) is 1.25. The molecule has 6 heteroatoms. The summed E-state index contributed by atoms with van der Waals surface area (Å²) in [6.45, 7) is 1.20. The zero-order valence-corrected chi connectivity index (χ0v) is 12.4. The number of nitrogens with zero attached hydrogens (tertiary/aromatic N) is 1. The molecule has 4 nitrogen and oxygen atoms in total. The summed E-state index contributed by atoms with van der Waals surface area (Å²) in [5.74, 6) is 0.174. The summed E-state index contributed by atoms with van der Waals surface area (Å²) in [5.41, 5.74) is 7.50. The average Bonchev–Trinajstić information content (AvgIpc) is 2.11. The lowest BCUT2D eigenvalue weighted by Crippen LogP contribution is -2.24. The molecule has 1 aromatic rings. The molecule has 1 aromatic carbocycles. The highest BCUT2D eigenvalue weighted by Crippen LogP contribution is 2.18. The van der Waals surface area contributed by atoms with Gasteiger partial charge in [-0.2, -0.15) is 0 Å². The number of sulfone groups is 1. The van der Waals surface area contributed by atoms with Gasteiger partial charge in [-0.25, -0.2) is 8.42 Å². The van der Waals surface area contributed by atoms with Crippen LogP contribution in [0, 0.1) is 0 Å². The molecule has 0 amide bonds. The van der Waals surface area contributed by atoms with Gasteiger partial charge >= 0.3 is 0 Å². The predicted octanol–water partition coefficient (Wildman–Crippen LogP) is 1.51. The van der Waals surface area contributed by atoms with Crippen LogP contribution in [0.4, 0.5) is 5.69 Å². The molecule has 0 aliphatic rings. The van der Waals surface area contributed by atoms with Crippen LogP contribution in [0.2, 0.25) is 0 Å². The fourth-order valence-electron chi connectivity index (χ4n) is 1.48. The molecule has 0 aliphatic heterocycles. The van der Waals surface area contributed by atoms with E-state index in [1.807, 2.05) is 30.1 Å². The van der Waals surface area contributed by atoms with E-state index in [0.29, 0.717) is 18.8 Å². The van der Waals surface area contributed by atoms with E-state index >= 15 is 0 Å². The Bertz CT molecular complexity index is 468. The van der Waals surface area contributed by atoms with Crippen molar-refractivity contribution in [2.45, 2.75) is 6.54 Å². The van der Waals surface area contributed by atoms with Crippen LogP contribution in [0.15, 0.2) is 22.7 Å². The molecule has 0 heterocycles. The fourth-order valence-corrected chi connectivity index (χ4v) is 2.68. The first-order valence-electron chi connectivity index (χ1n) is 5.17. The van der Waals surface area contributed by atoms with Crippen molar-refractivity contribution in [2.24, 2.45) is 0 Å². The quantitative estimate of drug-likeness (QED) is 0.835. The van der Waals surface area contributed by atoms with Crippen LogP contribution >= 0.6 is 15.9 Å². The number of rotatable bonds is 5. The second kappa shape index (κ2) is 5.84. The lowest BCUT2D eigenvalue weighted by Gasteiger charge is -2.16. The third kappa shape index (κ3) is 6.05. The second-order valence-electron chi connectivity index (χ2n) is 4.26. The number of hydrogen-bond donors (Lipinski definition) is 1. The molecule has 0 unspecified atom stereocenters. The van der Waals surface area contributed by atoms with Gasteiger partial charge in [0.15, 0.2) is 0 Å². The normalized spacial score (nSPS) is 12.0. The smallest absolute Gasteiger partial charge is 0.148 e. The molecule has 0 radical (unpaired) electrons. The van der Waals surface area contributed by atoms with Crippen molar-refractivity contribution in [3.63, 3.8) is 0 Å². The molecule has 0 saturated carbocycles. The minimum absolute atomic E-state index is 0.174. The van der Waals surface area contributed by atoms with Gasteiger partial charge in [0.05, 0.1) is 5.75 Å². The van der Waals surface area contributed by atoms with Crippen LogP contribution < -0.4 is 5.73 Å². The Hall–Kier alpha value is -0.590. The first kappa shape index (κ1) is 14.5. The first-order valence-corrected chi connectivity index (χ1v) is 8.03. The predicted molar refractivity (Wildman–Crippen MR) is 74.6 cm³/mol. The monoisotopic (exact) mass is 320 g/mol. The SMILES string of the molecule is CN(CCS(C)(=O)=O)Cc1cc(N)cc(Br)c1. The van der Waals surface area contributed by atoms with Crippen LogP contribution in [-0.4, -0.2) is 38.9 Å². The number of hydrogen-bond acceptors (Lipinski definition) is 4. The lowest BCUT2D eigenvalue weighted by molar-refractivity contribution is 0.346. The van der Waals surface area contributed by atoms with E-state index in [1.54, 1.807) is 0 Å². The molecule has 0 fully saturated rings. The van der Waals surface area contributed by atoms with E-state index in [4.69, 9.17) is 5.73 Å². The Balaban J connectivity index is 2.59. The standard InChI is InChI=1S/C11H17BrN2O2S/c1-14(3-4-17(2,15)16)8-9-5-10(12)7-11(13)6-9/h5-7H,3-4,8,13H2,1-2H3. The maximum absolute atomic E-state index is 11.0. The van der Waals surface area contributed by atoms with E-state index in [2.05, 4.69) is 15.9 Å². The number of nitrogen functional groups attached to an aromatic ring is 1.